The summed E-state index contributed by atoms with van der Waals surface area (Å²) in [5.74, 6) is -1.37. The van der Waals surface area contributed by atoms with Crippen molar-refractivity contribution in [2.45, 2.75) is 19.4 Å². The molecule has 1 atom stereocenters. The Labute approximate surface area is 121 Å². The molecule has 4 nitrogen and oxygen atoms in total. The van der Waals surface area contributed by atoms with Gasteiger partial charge < -0.3 is 10.4 Å². The number of amides is 1. The monoisotopic (exact) mass is 289 g/mol. The number of hydrogen-bond acceptors (Lipinski definition) is 3. The van der Waals surface area contributed by atoms with Crippen LogP contribution in [-0.2, 0) is 11.2 Å². The highest BCUT2D eigenvalue weighted by atomic mass is 32.1. The van der Waals surface area contributed by atoms with Gasteiger partial charge in [0, 0.05) is 11.3 Å². The minimum absolute atomic E-state index is 0.270. The topological polar surface area (TPSA) is 66.4 Å². The van der Waals surface area contributed by atoms with E-state index in [0.717, 1.165) is 10.4 Å². The molecular formula is C15H15NO3S. The number of carbonyl (C=O) groups is 2. The second kappa shape index (κ2) is 6.34. The van der Waals surface area contributed by atoms with Gasteiger partial charge in [0.15, 0.2) is 0 Å². The highest BCUT2D eigenvalue weighted by Crippen LogP contribution is 2.15. The van der Waals surface area contributed by atoms with Crippen LogP contribution in [0.1, 0.15) is 20.1 Å². The van der Waals surface area contributed by atoms with Crippen molar-refractivity contribution >= 4 is 23.2 Å². The van der Waals surface area contributed by atoms with Crippen molar-refractivity contribution in [1.82, 2.24) is 5.32 Å². The Bertz CT molecular complexity index is 607. The summed E-state index contributed by atoms with van der Waals surface area (Å²) in [4.78, 5) is 24.8. The van der Waals surface area contributed by atoms with Gasteiger partial charge in [0.2, 0.25) is 0 Å². The minimum Gasteiger partial charge on any atom is -0.480 e. The van der Waals surface area contributed by atoms with Crippen molar-refractivity contribution in [2.24, 2.45) is 0 Å². The molecule has 0 saturated carbocycles. The van der Waals surface area contributed by atoms with Gasteiger partial charge in [-0.3, -0.25) is 4.79 Å². The van der Waals surface area contributed by atoms with E-state index in [-0.39, 0.29) is 12.3 Å². The van der Waals surface area contributed by atoms with Gasteiger partial charge in [-0.05, 0) is 24.6 Å². The van der Waals surface area contributed by atoms with Crippen LogP contribution in [-0.4, -0.2) is 23.0 Å². The Morgan fingerprint density at radius 2 is 1.90 bits per heavy atom. The molecule has 5 heteroatoms. The summed E-state index contributed by atoms with van der Waals surface area (Å²) in [6.07, 6.45) is 0.270. The number of aryl methyl sites for hydroxylation is 1. The van der Waals surface area contributed by atoms with Crippen LogP contribution < -0.4 is 5.32 Å². The summed E-state index contributed by atoms with van der Waals surface area (Å²) in [6, 6.07) is 11.9. The number of carboxylic acids is 1. The molecule has 1 heterocycles. The summed E-state index contributed by atoms with van der Waals surface area (Å²) in [5, 5.41) is 11.8. The molecule has 0 aliphatic carbocycles. The van der Waals surface area contributed by atoms with Crippen molar-refractivity contribution in [3.8, 4) is 0 Å². The van der Waals surface area contributed by atoms with E-state index in [2.05, 4.69) is 5.32 Å². The number of carbonyl (C=O) groups excluding carboxylic acids is 1. The summed E-state index contributed by atoms with van der Waals surface area (Å²) < 4.78 is 0. The zero-order valence-electron chi connectivity index (χ0n) is 11.0. The van der Waals surface area contributed by atoms with Crippen LogP contribution in [0.5, 0.6) is 0 Å². The van der Waals surface area contributed by atoms with Crippen LogP contribution in [0, 0.1) is 6.92 Å². The molecule has 0 aliphatic heterocycles. The molecule has 2 N–H and O–H groups in total. The first-order chi connectivity index (χ1) is 9.56. The number of benzene rings is 1. The standard InChI is InChI=1S/C15H15NO3S/c1-10-7-8-13(20-10)14(17)16-12(15(18)19)9-11-5-3-2-4-6-11/h2-8,12H,9H2,1H3,(H,16,17)(H,18,19). The lowest BCUT2D eigenvalue weighted by molar-refractivity contribution is -0.139. The molecule has 0 aliphatic rings. The van der Waals surface area contributed by atoms with E-state index < -0.39 is 12.0 Å². The van der Waals surface area contributed by atoms with E-state index in [1.165, 1.54) is 11.3 Å². The van der Waals surface area contributed by atoms with E-state index in [9.17, 15) is 14.7 Å². The molecule has 1 unspecified atom stereocenters. The maximum absolute atomic E-state index is 12.0. The highest BCUT2D eigenvalue weighted by Gasteiger charge is 2.21. The molecule has 2 rings (SSSR count). The summed E-state index contributed by atoms with van der Waals surface area (Å²) >= 11 is 1.35. The van der Waals surface area contributed by atoms with Crippen molar-refractivity contribution in [1.29, 1.82) is 0 Å². The lowest BCUT2D eigenvalue weighted by Gasteiger charge is -2.14. The molecule has 104 valence electrons. The van der Waals surface area contributed by atoms with E-state index in [4.69, 9.17) is 0 Å². The van der Waals surface area contributed by atoms with Crippen molar-refractivity contribution in [2.75, 3.05) is 0 Å². The van der Waals surface area contributed by atoms with Gasteiger partial charge in [0.25, 0.3) is 5.91 Å². The van der Waals surface area contributed by atoms with Crippen LogP contribution in [0.3, 0.4) is 0 Å². The second-order valence-corrected chi connectivity index (χ2v) is 5.75. The Balaban J connectivity index is 2.06. The minimum atomic E-state index is -1.03. The van der Waals surface area contributed by atoms with Crippen LogP contribution in [0.2, 0.25) is 0 Å². The average Bonchev–Trinajstić information content (AvgIpc) is 2.86. The Kier molecular flexibility index (Phi) is 4.53. The van der Waals surface area contributed by atoms with E-state index in [1.54, 1.807) is 6.07 Å². The van der Waals surface area contributed by atoms with Crippen molar-refractivity contribution in [3.05, 3.63) is 57.8 Å². The van der Waals surface area contributed by atoms with Crippen LogP contribution >= 0.6 is 11.3 Å². The highest BCUT2D eigenvalue weighted by molar-refractivity contribution is 7.13. The van der Waals surface area contributed by atoms with Gasteiger partial charge in [-0.1, -0.05) is 30.3 Å². The first-order valence-electron chi connectivity index (χ1n) is 6.20. The predicted octanol–water partition coefficient (Wildman–Crippen LogP) is 2.48. The number of thiophene rings is 1. The zero-order valence-corrected chi connectivity index (χ0v) is 11.8. The molecule has 1 aromatic carbocycles. The molecule has 20 heavy (non-hydrogen) atoms. The van der Waals surface area contributed by atoms with Crippen LogP contribution in [0.25, 0.3) is 0 Å². The summed E-state index contributed by atoms with van der Waals surface area (Å²) in [6.45, 7) is 1.90. The predicted molar refractivity (Wildman–Crippen MR) is 78.1 cm³/mol. The normalized spacial score (nSPS) is 11.8. The van der Waals surface area contributed by atoms with E-state index >= 15 is 0 Å². The van der Waals surface area contributed by atoms with E-state index in [1.807, 2.05) is 43.3 Å². The summed E-state index contributed by atoms with van der Waals surface area (Å²) in [7, 11) is 0. The number of hydrogen-bond donors (Lipinski definition) is 2. The van der Waals surface area contributed by atoms with Gasteiger partial charge in [0.1, 0.15) is 6.04 Å². The molecule has 2 aromatic rings. The fourth-order valence-electron chi connectivity index (χ4n) is 1.84. The molecule has 0 bridgehead atoms. The van der Waals surface area contributed by atoms with Gasteiger partial charge >= 0.3 is 5.97 Å². The number of aliphatic carboxylic acids is 1. The Morgan fingerprint density at radius 1 is 1.20 bits per heavy atom. The third-order valence-corrected chi connectivity index (χ3v) is 3.85. The van der Waals surface area contributed by atoms with Crippen molar-refractivity contribution in [3.63, 3.8) is 0 Å². The van der Waals surface area contributed by atoms with Gasteiger partial charge in [-0.15, -0.1) is 11.3 Å². The third kappa shape index (κ3) is 3.68. The van der Waals surface area contributed by atoms with Gasteiger partial charge in [-0.2, -0.15) is 0 Å². The SMILES string of the molecule is Cc1ccc(C(=O)NC(Cc2ccccc2)C(=O)O)s1. The van der Waals surface area contributed by atoms with Crippen LogP contribution in [0.4, 0.5) is 0 Å². The number of nitrogens with one attached hydrogen (secondary N) is 1. The van der Waals surface area contributed by atoms with Crippen LogP contribution in [0.15, 0.2) is 42.5 Å². The largest absolute Gasteiger partial charge is 0.480 e. The summed E-state index contributed by atoms with van der Waals surface area (Å²) in [5.41, 5.74) is 0.877. The molecular weight excluding hydrogens is 274 g/mol. The van der Waals surface area contributed by atoms with Gasteiger partial charge in [0.05, 0.1) is 4.88 Å². The number of carboxylic acid groups (broad SMARTS) is 1. The molecule has 0 spiro atoms. The Hall–Kier alpha value is -2.14. The maximum Gasteiger partial charge on any atom is 0.326 e. The second-order valence-electron chi connectivity index (χ2n) is 4.46. The lowest BCUT2D eigenvalue weighted by Crippen LogP contribution is -2.42. The van der Waals surface area contributed by atoms with E-state index in [0.29, 0.717) is 4.88 Å². The zero-order chi connectivity index (χ0) is 14.5. The number of rotatable bonds is 5. The molecule has 1 aromatic heterocycles. The molecule has 0 fully saturated rings. The maximum atomic E-state index is 12.0. The average molecular weight is 289 g/mol. The smallest absolute Gasteiger partial charge is 0.326 e. The fourth-order valence-corrected chi connectivity index (χ4v) is 2.61. The molecule has 0 saturated heterocycles. The molecule has 1 amide bonds. The first kappa shape index (κ1) is 14.3. The van der Waals surface area contributed by atoms with Crippen molar-refractivity contribution < 1.29 is 14.7 Å². The first-order valence-corrected chi connectivity index (χ1v) is 7.02. The molecule has 0 radical (unpaired) electrons. The quantitative estimate of drug-likeness (QED) is 0.888. The van der Waals surface area contributed by atoms with Gasteiger partial charge in [-0.25, -0.2) is 4.79 Å². The fraction of sp³-hybridized carbons (Fsp3) is 0.200. The lowest BCUT2D eigenvalue weighted by atomic mass is 10.1. The third-order valence-electron chi connectivity index (χ3n) is 2.85. The Morgan fingerprint density at radius 3 is 2.45 bits per heavy atom.